The van der Waals surface area contributed by atoms with Crippen LogP contribution in [0, 0.1) is 23.3 Å². The van der Waals surface area contributed by atoms with Crippen LogP contribution in [0.15, 0.2) is 36.4 Å². The molecule has 0 aromatic heterocycles. The van der Waals surface area contributed by atoms with Crippen molar-refractivity contribution >= 4 is 9.84 Å². The molecule has 0 saturated carbocycles. The summed E-state index contributed by atoms with van der Waals surface area (Å²) in [5.41, 5.74) is 0.751. The Bertz CT molecular complexity index is 742. The maximum absolute atomic E-state index is 13.0. The summed E-state index contributed by atoms with van der Waals surface area (Å²) < 4.78 is 75.6. The van der Waals surface area contributed by atoms with Gasteiger partial charge in [0, 0.05) is 0 Å². The van der Waals surface area contributed by atoms with Crippen molar-refractivity contribution in [3.63, 3.8) is 0 Å². The van der Waals surface area contributed by atoms with Crippen molar-refractivity contribution < 1.29 is 26.0 Å². The van der Waals surface area contributed by atoms with Crippen LogP contribution in [-0.2, 0) is 22.7 Å². The van der Waals surface area contributed by atoms with E-state index in [9.17, 15) is 26.0 Å². The lowest BCUT2D eigenvalue weighted by molar-refractivity contribution is 0.507. The van der Waals surface area contributed by atoms with E-state index in [1.54, 1.807) is 0 Å². The van der Waals surface area contributed by atoms with Crippen molar-refractivity contribution in [2.24, 2.45) is 0 Å². The van der Waals surface area contributed by atoms with E-state index in [1.807, 2.05) is 0 Å². The number of hydrogen-bond donors (Lipinski definition) is 0. The Labute approximate surface area is 131 Å². The predicted octanol–water partition coefficient (Wildman–Crippen LogP) is 3.44. The molecule has 0 fully saturated rings. The van der Waals surface area contributed by atoms with Gasteiger partial charge in [0.05, 0.1) is 11.5 Å². The summed E-state index contributed by atoms with van der Waals surface area (Å²) in [6.45, 7) is 0. The molecule has 0 N–H and O–H groups in total. The zero-order chi connectivity index (χ0) is 17.0. The molecule has 0 saturated heterocycles. The fraction of sp³-hybridized carbons (Fsp3) is 0.250. The molecule has 124 valence electrons. The summed E-state index contributed by atoms with van der Waals surface area (Å²) >= 11 is 0. The third-order valence-corrected chi connectivity index (χ3v) is 5.02. The minimum absolute atomic E-state index is 0.0529. The smallest absolute Gasteiger partial charge is 0.159 e. The highest BCUT2D eigenvalue weighted by molar-refractivity contribution is 7.91. The van der Waals surface area contributed by atoms with Gasteiger partial charge in [-0.25, -0.2) is 26.0 Å². The molecule has 0 aliphatic heterocycles. The average molecular weight is 346 g/mol. The first-order valence-corrected chi connectivity index (χ1v) is 8.67. The van der Waals surface area contributed by atoms with Crippen LogP contribution in [0.1, 0.15) is 11.1 Å². The van der Waals surface area contributed by atoms with Gasteiger partial charge in [0.2, 0.25) is 0 Å². The summed E-state index contributed by atoms with van der Waals surface area (Å²) in [4.78, 5) is 0. The SMILES string of the molecule is O=S(=O)(CCc1ccc(F)c(F)c1)CCc1ccc(F)c(F)c1. The second kappa shape index (κ2) is 7.12. The number of benzene rings is 2. The van der Waals surface area contributed by atoms with Gasteiger partial charge < -0.3 is 0 Å². The van der Waals surface area contributed by atoms with E-state index in [1.165, 1.54) is 12.1 Å². The highest BCUT2D eigenvalue weighted by atomic mass is 32.2. The van der Waals surface area contributed by atoms with Gasteiger partial charge in [0.25, 0.3) is 0 Å². The van der Waals surface area contributed by atoms with Crippen LogP contribution in [0.2, 0.25) is 0 Å². The molecule has 2 rings (SSSR count). The number of rotatable bonds is 6. The molecule has 2 aromatic rings. The van der Waals surface area contributed by atoms with Gasteiger partial charge in [-0.05, 0) is 48.2 Å². The van der Waals surface area contributed by atoms with Crippen LogP contribution < -0.4 is 0 Å². The van der Waals surface area contributed by atoms with Crippen LogP contribution in [-0.4, -0.2) is 19.9 Å². The van der Waals surface area contributed by atoms with E-state index >= 15 is 0 Å². The summed E-state index contributed by atoms with van der Waals surface area (Å²) in [6, 6.07) is 6.45. The monoisotopic (exact) mass is 346 g/mol. The zero-order valence-corrected chi connectivity index (χ0v) is 12.8. The molecule has 0 spiro atoms. The zero-order valence-electron chi connectivity index (χ0n) is 12.0. The van der Waals surface area contributed by atoms with Crippen molar-refractivity contribution in [3.8, 4) is 0 Å². The third-order valence-electron chi connectivity index (χ3n) is 3.37. The van der Waals surface area contributed by atoms with Crippen molar-refractivity contribution in [1.29, 1.82) is 0 Å². The van der Waals surface area contributed by atoms with E-state index in [0.29, 0.717) is 11.1 Å². The van der Waals surface area contributed by atoms with Crippen molar-refractivity contribution in [2.45, 2.75) is 12.8 Å². The van der Waals surface area contributed by atoms with Gasteiger partial charge in [0.15, 0.2) is 33.1 Å². The summed E-state index contributed by atoms with van der Waals surface area (Å²) in [7, 11) is -3.46. The average Bonchev–Trinajstić information content (AvgIpc) is 2.50. The standard InChI is InChI=1S/C16H14F4O2S/c17-13-3-1-11(9-15(13)19)5-7-23(21,22)8-6-12-2-4-14(18)16(20)10-12/h1-4,9-10H,5-8H2. The lowest BCUT2D eigenvalue weighted by atomic mass is 10.2. The van der Waals surface area contributed by atoms with E-state index < -0.39 is 33.1 Å². The Morgan fingerprint density at radius 1 is 0.652 bits per heavy atom. The molecule has 0 unspecified atom stereocenters. The molecular formula is C16H14F4O2S. The van der Waals surface area contributed by atoms with E-state index in [-0.39, 0.29) is 24.3 Å². The highest BCUT2D eigenvalue weighted by Gasteiger charge is 2.13. The topological polar surface area (TPSA) is 34.1 Å². The molecule has 0 heterocycles. The number of hydrogen-bond acceptors (Lipinski definition) is 2. The van der Waals surface area contributed by atoms with Gasteiger partial charge in [-0.1, -0.05) is 12.1 Å². The third kappa shape index (κ3) is 5.06. The molecular weight excluding hydrogens is 332 g/mol. The highest BCUT2D eigenvalue weighted by Crippen LogP contribution is 2.12. The lowest BCUT2D eigenvalue weighted by Crippen LogP contribution is -2.15. The number of aryl methyl sites for hydroxylation is 2. The first-order valence-electron chi connectivity index (χ1n) is 6.85. The Hall–Kier alpha value is -1.89. The molecule has 2 nitrogen and oxygen atoms in total. The Kier molecular flexibility index (Phi) is 5.41. The summed E-state index contributed by atoms with van der Waals surface area (Å²) in [5.74, 6) is -4.50. The maximum Gasteiger partial charge on any atom is 0.159 e. The Balaban J connectivity index is 1.93. The largest absolute Gasteiger partial charge is 0.229 e. The second-order valence-electron chi connectivity index (χ2n) is 5.15. The van der Waals surface area contributed by atoms with Crippen molar-refractivity contribution in [1.82, 2.24) is 0 Å². The first-order chi connectivity index (χ1) is 10.8. The van der Waals surface area contributed by atoms with Gasteiger partial charge in [-0.15, -0.1) is 0 Å². The van der Waals surface area contributed by atoms with E-state index in [4.69, 9.17) is 0 Å². The van der Waals surface area contributed by atoms with Crippen LogP contribution in [0.3, 0.4) is 0 Å². The number of sulfone groups is 1. The first kappa shape index (κ1) is 17.5. The lowest BCUT2D eigenvalue weighted by Gasteiger charge is -2.06. The molecule has 7 heteroatoms. The van der Waals surface area contributed by atoms with Gasteiger partial charge in [-0.3, -0.25) is 0 Å². The van der Waals surface area contributed by atoms with Gasteiger partial charge in [0.1, 0.15) is 0 Å². The summed E-state index contributed by atoms with van der Waals surface area (Å²) in [6.07, 6.45) is 0.106. The fourth-order valence-corrected chi connectivity index (χ4v) is 3.34. The normalized spacial score (nSPS) is 11.7. The molecule has 0 aliphatic rings. The van der Waals surface area contributed by atoms with Crippen LogP contribution in [0.4, 0.5) is 17.6 Å². The molecule has 0 radical (unpaired) electrons. The fourth-order valence-electron chi connectivity index (χ4n) is 2.04. The number of halogens is 4. The minimum atomic E-state index is -3.46. The molecule has 23 heavy (non-hydrogen) atoms. The second-order valence-corrected chi connectivity index (χ2v) is 7.45. The van der Waals surface area contributed by atoms with E-state index in [2.05, 4.69) is 0 Å². The Morgan fingerprint density at radius 3 is 1.39 bits per heavy atom. The summed E-state index contributed by atoms with van der Waals surface area (Å²) in [5, 5.41) is 0. The predicted molar refractivity (Wildman–Crippen MR) is 78.8 cm³/mol. The minimum Gasteiger partial charge on any atom is -0.229 e. The van der Waals surface area contributed by atoms with Crippen LogP contribution in [0.5, 0.6) is 0 Å². The molecule has 0 bridgehead atoms. The molecule has 0 atom stereocenters. The van der Waals surface area contributed by atoms with Crippen molar-refractivity contribution in [3.05, 3.63) is 70.8 Å². The molecule has 2 aromatic carbocycles. The molecule has 0 amide bonds. The van der Waals surface area contributed by atoms with Crippen LogP contribution >= 0.6 is 0 Å². The maximum atomic E-state index is 13.0. The van der Waals surface area contributed by atoms with E-state index in [0.717, 1.165) is 24.3 Å². The van der Waals surface area contributed by atoms with Gasteiger partial charge >= 0.3 is 0 Å². The molecule has 0 aliphatic carbocycles. The van der Waals surface area contributed by atoms with Gasteiger partial charge in [-0.2, -0.15) is 0 Å². The Morgan fingerprint density at radius 2 is 1.04 bits per heavy atom. The quantitative estimate of drug-likeness (QED) is 0.751. The van der Waals surface area contributed by atoms with Crippen molar-refractivity contribution in [2.75, 3.05) is 11.5 Å². The van der Waals surface area contributed by atoms with Crippen LogP contribution in [0.25, 0.3) is 0 Å².